The summed E-state index contributed by atoms with van der Waals surface area (Å²) in [5.41, 5.74) is 2.02. The lowest BCUT2D eigenvalue weighted by atomic mass is 9.87. The van der Waals surface area contributed by atoms with Gasteiger partial charge in [0.1, 0.15) is 11.5 Å². The molecule has 0 saturated carbocycles. The first-order valence-corrected chi connectivity index (χ1v) is 7.85. The van der Waals surface area contributed by atoms with E-state index in [-0.39, 0.29) is 11.7 Å². The second kappa shape index (κ2) is 5.87. The standard InChI is InChI=1S/C18H24O5/c1-9(2)16(20)22-17(21)18(6)8-7-13-12(5)14(19)10(3)11(4)15(13)23-18/h9,19H,7-8H2,1-6H3/t18-/m1/s1. The number of carbonyl (C=O) groups excluding carboxylic acids is 2. The molecule has 126 valence electrons. The third-order valence-corrected chi connectivity index (χ3v) is 4.62. The number of benzene rings is 1. The van der Waals surface area contributed by atoms with Crippen molar-refractivity contribution in [1.82, 2.24) is 0 Å². The lowest BCUT2D eigenvalue weighted by Crippen LogP contribution is -2.47. The van der Waals surface area contributed by atoms with Crippen LogP contribution in [-0.2, 0) is 20.7 Å². The van der Waals surface area contributed by atoms with Crippen LogP contribution in [0.1, 0.15) is 49.4 Å². The van der Waals surface area contributed by atoms with E-state index in [0.717, 1.165) is 22.3 Å². The fourth-order valence-corrected chi connectivity index (χ4v) is 2.71. The van der Waals surface area contributed by atoms with Gasteiger partial charge >= 0.3 is 11.9 Å². The average Bonchev–Trinajstić information content (AvgIpc) is 2.50. The second-order valence-electron chi connectivity index (χ2n) is 6.73. The van der Waals surface area contributed by atoms with Crippen LogP contribution in [0.5, 0.6) is 11.5 Å². The van der Waals surface area contributed by atoms with Crippen molar-refractivity contribution in [3.63, 3.8) is 0 Å². The Kier molecular flexibility index (Phi) is 4.42. The van der Waals surface area contributed by atoms with Gasteiger partial charge in [-0.1, -0.05) is 13.8 Å². The summed E-state index contributed by atoms with van der Waals surface area (Å²) < 4.78 is 10.9. The van der Waals surface area contributed by atoms with E-state index in [2.05, 4.69) is 0 Å². The zero-order valence-electron chi connectivity index (χ0n) is 14.6. The number of fused-ring (bicyclic) bond motifs is 1. The minimum Gasteiger partial charge on any atom is -0.507 e. The average molecular weight is 320 g/mol. The van der Waals surface area contributed by atoms with E-state index in [4.69, 9.17) is 9.47 Å². The fourth-order valence-electron chi connectivity index (χ4n) is 2.71. The van der Waals surface area contributed by atoms with Crippen molar-refractivity contribution in [2.45, 2.75) is 60.0 Å². The molecular weight excluding hydrogens is 296 g/mol. The molecule has 0 amide bonds. The van der Waals surface area contributed by atoms with Crippen molar-refractivity contribution in [1.29, 1.82) is 0 Å². The topological polar surface area (TPSA) is 72.8 Å². The van der Waals surface area contributed by atoms with Crippen molar-refractivity contribution < 1.29 is 24.2 Å². The minimum atomic E-state index is -1.20. The Morgan fingerprint density at radius 3 is 2.35 bits per heavy atom. The van der Waals surface area contributed by atoms with Gasteiger partial charge in [0.15, 0.2) is 0 Å². The maximum Gasteiger partial charge on any atom is 0.357 e. The van der Waals surface area contributed by atoms with Gasteiger partial charge in [0, 0.05) is 12.0 Å². The highest BCUT2D eigenvalue weighted by Gasteiger charge is 2.43. The predicted octanol–water partition coefficient (Wildman–Crippen LogP) is 3.13. The molecule has 2 rings (SSSR count). The summed E-state index contributed by atoms with van der Waals surface area (Å²) in [6.45, 7) is 10.5. The molecule has 1 heterocycles. The Labute approximate surface area is 136 Å². The van der Waals surface area contributed by atoms with Crippen LogP contribution in [0.4, 0.5) is 0 Å². The second-order valence-corrected chi connectivity index (χ2v) is 6.73. The number of phenols is 1. The Balaban J connectivity index is 2.36. The molecule has 1 aliphatic rings. The summed E-state index contributed by atoms with van der Waals surface area (Å²) in [7, 11) is 0. The quantitative estimate of drug-likeness (QED) is 0.669. The molecule has 0 aliphatic carbocycles. The van der Waals surface area contributed by atoms with Gasteiger partial charge in [0.25, 0.3) is 0 Å². The summed E-state index contributed by atoms with van der Waals surface area (Å²) in [5.74, 6) is -0.710. The molecule has 1 aliphatic heterocycles. The summed E-state index contributed by atoms with van der Waals surface area (Å²) >= 11 is 0. The van der Waals surface area contributed by atoms with Gasteiger partial charge in [0.2, 0.25) is 5.60 Å². The molecule has 0 saturated heterocycles. The number of ether oxygens (including phenoxy) is 2. The van der Waals surface area contributed by atoms with Crippen molar-refractivity contribution in [3.8, 4) is 11.5 Å². The summed E-state index contributed by atoms with van der Waals surface area (Å²) in [5, 5.41) is 10.2. The highest BCUT2D eigenvalue weighted by molar-refractivity contribution is 5.91. The van der Waals surface area contributed by atoms with Gasteiger partial charge in [-0.05, 0) is 50.8 Å². The molecule has 0 radical (unpaired) electrons. The van der Waals surface area contributed by atoms with E-state index in [1.165, 1.54) is 0 Å². The highest BCUT2D eigenvalue weighted by Crippen LogP contribution is 2.43. The molecule has 1 aromatic carbocycles. The van der Waals surface area contributed by atoms with Crippen molar-refractivity contribution in [2.24, 2.45) is 5.92 Å². The predicted molar refractivity (Wildman–Crippen MR) is 85.6 cm³/mol. The molecule has 23 heavy (non-hydrogen) atoms. The van der Waals surface area contributed by atoms with Crippen LogP contribution in [0.2, 0.25) is 0 Å². The third-order valence-electron chi connectivity index (χ3n) is 4.62. The first-order valence-electron chi connectivity index (χ1n) is 7.85. The lowest BCUT2D eigenvalue weighted by molar-refractivity contribution is -0.173. The maximum absolute atomic E-state index is 12.4. The first kappa shape index (κ1) is 17.3. The van der Waals surface area contributed by atoms with Crippen LogP contribution in [0.3, 0.4) is 0 Å². The Morgan fingerprint density at radius 1 is 1.17 bits per heavy atom. The molecule has 5 nitrogen and oxygen atoms in total. The first-order chi connectivity index (χ1) is 10.6. The molecule has 1 N–H and O–H groups in total. The van der Waals surface area contributed by atoms with Gasteiger partial charge in [-0.2, -0.15) is 0 Å². The minimum absolute atomic E-state index is 0.269. The normalized spacial score (nSPS) is 20.0. The number of phenolic OH excluding ortho intramolecular Hbond substituents is 1. The smallest absolute Gasteiger partial charge is 0.357 e. The molecule has 1 atom stereocenters. The van der Waals surface area contributed by atoms with Crippen LogP contribution >= 0.6 is 0 Å². The van der Waals surface area contributed by atoms with Crippen molar-refractivity contribution in [3.05, 3.63) is 22.3 Å². The summed E-state index contributed by atoms with van der Waals surface area (Å²) in [4.78, 5) is 24.0. The van der Waals surface area contributed by atoms with Crippen molar-refractivity contribution in [2.75, 3.05) is 0 Å². The van der Waals surface area contributed by atoms with Gasteiger partial charge in [-0.25, -0.2) is 4.79 Å². The molecule has 0 aromatic heterocycles. The maximum atomic E-state index is 12.4. The number of hydrogen-bond acceptors (Lipinski definition) is 5. The molecule has 0 spiro atoms. The molecule has 5 heteroatoms. The van der Waals surface area contributed by atoms with Gasteiger partial charge in [-0.15, -0.1) is 0 Å². The number of carbonyl (C=O) groups is 2. The van der Waals surface area contributed by atoms with Gasteiger partial charge in [-0.3, -0.25) is 4.79 Å². The van der Waals surface area contributed by atoms with Crippen LogP contribution < -0.4 is 4.74 Å². The van der Waals surface area contributed by atoms with E-state index in [0.29, 0.717) is 18.6 Å². The Hall–Kier alpha value is -2.04. The zero-order valence-corrected chi connectivity index (χ0v) is 14.6. The van der Waals surface area contributed by atoms with Crippen LogP contribution in [0.15, 0.2) is 0 Å². The van der Waals surface area contributed by atoms with Crippen LogP contribution in [-0.4, -0.2) is 22.6 Å². The third kappa shape index (κ3) is 2.92. The number of esters is 2. The van der Waals surface area contributed by atoms with Gasteiger partial charge < -0.3 is 14.6 Å². The monoisotopic (exact) mass is 320 g/mol. The lowest BCUT2D eigenvalue weighted by Gasteiger charge is -2.35. The van der Waals surface area contributed by atoms with E-state index < -0.39 is 17.5 Å². The number of rotatable bonds is 2. The fraction of sp³-hybridized carbons (Fsp3) is 0.556. The highest BCUT2D eigenvalue weighted by atomic mass is 16.6. The van der Waals surface area contributed by atoms with E-state index in [1.807, 2.05) is 20.8 Å². The van der Waals surface area contributed by atoms with Crippen molar-refractivity contribution >= 4 is 11.9 Å². The Bertz CT molecular complexity index is 675. The number of aromatic hydroxyl groups is 1. The summed E-state index contributed by atoms with van der Waals surface area (Å²) in [6.07, 6.45) is 0.976. The molecular formula is C18H24O5. The van der Waals surface area contributed by atoms with Crippen LogP contribution in [0.25, 0.3) is 0 Å². The number of hydrogen-bond donors (Lipinski definition) is 1. The van der Waals surface area contributed by atoms with E-state index >= 15 is 0 Å². The Morgan fingerprint density at radius 2 is 1.78 bits per heavy atom. The van der Waals surface area contributed by atoms with E-state index in [9.17, 15) is 14.7 Å². The largest absolute Gasteiger partial charge is 0.507 e. The van der Waals surface area contributed by atoms with E-state index in [1.54, 1.807) is 20.8 Å². The van der Waals surface area contributed by atoms with Gasteiger partial charge in [0.05, 0.1) is 5.92 Å². The zero-order chi connectivity index (χ0) is 17.5. The molecule has 0 bridgehead atoms. The SMILES string of the molecule is Cc1c(C)c2c(c(C)c1O)CC[C@](C)(C(=O)OC(=O)C(C)C)O2. The molecule has 0 fully saturated rings. The van der Waals surface area contributed by atoms with Crippen LogP contribution in [0, 0.1) is 26.7 Å². The summed E-state index contributed by atoms with van der Waals surface area (Å²) in [6, 6.07) is 0. The molecule has 0 unspecified atom stereocenters. The molecule has 1 aromatic rings.